The summed E-state index contributed by atoms with van der Waals surface area (Å²) in [5, 5.41) is 11.4. The Labute approximate surface area is 111 Å². The normalized spacial score (nSPS) is 15.3. The predicted octanol–water partition coefficient (Wildman–Crippen LogP) is 0.449. The SMILES string of the molecule is N#Cc1ccc(CC(=O)N2CCNC(=O)CC2)cc1. The molecule has 0 radical (unpaired) electrons. The molecule has 1 aliphatic heterocycles. The molecule has 0 atom stereocenters. The number of nitrogens with one attached hydrogen (secondary N) is 1. The van der Waals surface area contributed by atoms with Crippen molar-refractivity contribution >= 4 is 11.8 Å². The summed E-state index contributed by atoms with van der Waals surface area (Å²) in [5.74, 6) is 0.00915. The van der Waals surface area contributed by atoms with Gasteiger partial charge in [0.2, 0.25) is 11.8 Å². The van der Waals surface area contributed by atoms with Crippen LogP contribution in [-0.2, 0) is 16.0 Å². The van der Waals surface area contributed by atoms with Crippen molar-refractivity contribution < 1.29 is 9.59 Å². The van der Waals surface area contributed by atoms with Crippen LogP contribution in [0.1, 0.15) is 17.5 Å². The topological polar surface area (TPSA) is 73.2 Å². The fourth-order valence-corrected chi connectivity index (χ4v) is 2.00. The molecule has 98 valence electrons. The van der Waals surface area contributed by atoms with Crippen LogP contribution in [-0.4, -0.2) is 36.3 Å². The Kier molecular flexibility index (Phi) is 4.14. The third-order valence-electron chi connectivity index (χ3n) is 3.10. The lowest BCUT2D eigenvalue weighted by molar-refractivity contribution is -0.130. The lowest BCUT2D eigenvalue weighted by Crippen LogP contribution is -2.35. The summed E-state index contributed by atoms with van der Waals surface area (Å²) in [4.78, 5) is 25.0. The average molecular weight is 257 g/mol. The summed E-state index contributed by atoms with van der Waals surface area (Å²) in [6, 6.07) is 9.03. The van der Waals surface area contributed by atoms with Gasteiger partial charge >= 0.3 is 0 Å². The molecule has 0 unspecified atom stereocenters. The zero-order valence-electron chi connectivity index (χ0n) is 10.6. The molecular weight excluding hydrogens is 242 g/mol. The molecule has 0 saturated carbocycles. The second kappa shape index (κ2) is 6.01. The second-order valence-electron chi connectivity index (χ2n) is 4.47. The van der Waals surface area contributed by atoms with Crippen LogP contribution in [0.15, 0.2) is 24.3 Å². The highest BCUT2D eigenvalue weighted by atomic mass is 16.2. The van der Waals surface area contributed by atoms with E-state index in [1.807, 2.05) is 6.07 Å². The number of hydrogen-bond acceptors (Lipinski definition) is 3. The van der Waals surface area contributed by atoms with Gasteiger partial charge in [-0.25, -0.2) is 0 Å². The van der Waals surface area contributed by atoms with Crippen molar-refractivity contribution in [1.29, 1.82) is 5.26 Å². The lowest BCUT2D eigenvalue weighted by Gasteiger charge is -2.19. The van der Waals surface area contributed by atoms with E-state index in [1.54, 1.807) is 29.2 Å². The fourth-order valence-electron chi connectivity index (χ4n) is 2.00. The van der Waals surface area contributed by atoms with Crippen LogP contribution < -0.4 is 5.32 Å². The number of benzene rings is 1. The van der Waals surface area contributed by atoms with Crippen LogP contribution in [0.2, 0.25) is 0 Å². The standard InChI is InChI=1S/C14H15N3O2/c15-10-12-3-1-11(2-4-12)9-14(19)17-7-5-13(18)16-6-8-17/h1-4H,5-9H2,(H,16,18). The number of amides is 2. The van der Waals surface area contributed by atoms with E-state index in [4.69, 9.17) is 5.26 Å². The molecule has 0 aliphatic carbocycles. The van der Waals surface area contributed by atoms with E-state index in [9.17, 15) is 9.59 Å². The Balaban J connectivity index is 1.96. The first-order valence-electron chi connectivity index (χ1n) is 6.22. The van der Waals surface area contributed by atoms with Crippen molar-refractivity contribution in [2.24, 2.45) is 0 Å². The first-order valence-corrected chi connectivity index (χ1v) is 6.22. The van der Waals surface area contributed by atoms with E-state index in [0.29, 0.717) is 38.0 Å². The fraction of sp³-hybridized carbons (Fsp3) is 0.357. The minimum Gasteiger partial charge on any atom is -0.354 e. The van der Waals surface area contributed by atoms with Crippen LogP contribution in [0, 0.1) is 11.3 Å². The van der Waals surface area contributed by atoms with Crippen molar-refractivity contribution in [2.75, 3.05) is 19.6 Å². The predicted molar refractivity (Wildman–Crippen MR) is 69.1 cm³/mol. The quantitative estimate of drug-likeness (QED) is 0.836. The Morgan fingerprint density at radius 2 is 2.05 bits per heavy atom. The monoisotopic (exact) mass is 257 g/mol. The Morgan fingerprint density at radius 3 is 2.74 bits per heavy atom. The highest BCUT2D eigenvalue weighted by Gasteiger charge is 2.18. The number of carbonyl (C=O) groups excluding carboxylic acids is 2. The summed E-state index contributed by atoms with van der Waals surface area (Å²) in [7, 11) is 0. The van der Waals surface area contributed by atoms with E-state index in [-0.39, 0.29) is 11.8 Å². The molecular formula is C14H15N3O2. The van der Waals surface area contributed by atoms with Crippen molar-refractivity contribution in [3.8, 4) is 6.07 Å². The van der Waals surface area contributed by atoms with E-state index >= 15 is 0 Å². The van der Waals surface area contributed by atoms with Gasteiger partial charge in [0.05, 0.1) is 18.1 Å². The maximum atomic E-state index is 12.1. The Hall–Kier alpha value is -2.35. The largest absolute Gasteiger partial charge is 0.354 e. The molecule has 1 aromatic carbocycles. The number of hydrogen-bond donors (Lipinski definition) is 1. The van der Waals surface area contributed by atoms with E-state index in [0.717, 1.165) is 5.56 Å². The molecule has 1 heterocycles. The third kappa shape index (κ3) is 3.55. The molecule has 1 fully saturated rings. The minimum absolute atomic E-state index is 0.00586. The van der Waals surface area contributed by atoms with E-state index in [2.05, 4.69) is 5.32 Å². The summed E-state index contributed by atoms with van der Waals surface area (Å²) in [6.07, 6.45) is 0.666. The average Bonchev–Trinajstić information content (AvgIpc) is 2.64. The zero-order chi connectivity index (χ0) is 13.7. The van der Waals surface area contributed by atoms with Gasteiger partial charge in [-0.3, -0.25) is 9.59 Å². The van der Waals surface area contributed by atoms with Gasteiger partial charge in [0.15, 0.2) is 0 Å². The highest BCUT2D eigenvalue weighted by Crippen LogP contribution is 2.07. The zero-order valence-corrected chi connectivity index (χ0v) is 10.6. The van der Waals surface area contributed by atoms with Crippen LogP contribution in [0.3, 0.4) is 0 Å². The van der Waals surface area contributed by atoms with Gasteiger partial charge in [-0.1, -0.05) is 12.1 Å². The number of carbonyl (C=O) groups is 2. The maximum absolute atomic E-state index is 12.1. The molecule has 1 aliphatic rings. The second-order valence-corrected chi connectivity index (χ2v) is 4.47. The number of nitrogens with zero attached hydrogens (tertiary/aromatic N) is 2. The van der Waals surface area contributed by atoms with Crippen LogP contribution >= 0.6 is 0 Å². The molecule has 19 heavy (non-hydrogen) atoms. The van der Waals surface area contributed by atoms with Crippen molar-refractivity contribution in [1.82, 2.24) is 10.2 Å². The van der Waals surface area contributed by atoms with Gasteiger partial charge in [-0.05, 0) is 17.7 Å². The maximum Gasteiger partial charge on any atom is 0.227 e. The Morgan fingerprint density at radius 1 is 1.32 bits per heavy atom. The molecule has 5 nitrogen and oxygen atoms in total. The van der Waals surface area contributed by atoms with Crippen LogP contribution in [0.4, 0.5) is 0 Å². The molecule has 1 N–H and O–H groups in total. The third-order valence-corrected chi connectivity index (χ3v) is 3.10. The van der Waals surface area contributed by atoms with Crippen molar-refractivity contribution in [2.45, 2.75) is 12.8 Å². The van der Waals surface area contributed by atoms with Crippen LogP contribution in [0.25, 0.3) is 0 Å². The van der Waals surface area contributed by atoms with Gasteiger partial charge < -0.3 is 10.2 Å². The molecule has 0 aromatic heterocycles. The van der Waals surface area contributed by atoms with Gasteiger partial charge in [0.1, 0.15) is 0 Å². The van der Waals surface area contributed by atoms with Crippen LogP contribution in [0.5, 0.6) is 0 Å². The minimum atomic E-state index is -0.00586. The molecule has 0 spiro atoms. The summed E-state index contributed by atoms with van der Waals surface area (Å²) in [6.45, 7) is 1.54. The highest BCUT2D eigenvalue weighted by molar-refractivity contribution is 5.81. The first kappa shape index (κ1) is 13.1. The van der Waals surface area contributed by atoms with E-state index in [1.165, 1.54) is 0 Å². The van der Waals surface area contributed by atoms with Gasteiger partial charge in [0, 0.05) is 26.1 Å². The number of rotatable bonds is 2. The molecule has 0 bridgehead atoms. The van der Waals surface area contributed by atoms with Gasteiger partial charge in [0.25, 0.3) is 0 Å². The van der Waals surface area contributed by atoms with Gasteiger partial charge in [-0.2, -0.15) is 5.26 Å². The molecule has 2 rings (SSSR count). The number of nitriles is 1. The molecule has 2 amide bonds. The smallest absolute Gasteiger partial charge is 0.227 e. The summed E-state index contributed by atoms with van der Waals surface area (Å²) >= 11 is 0. The van der Waals surface area contributed by atoms with Crippen molar-refractivity contribution in [3.05, 3.63) is 35.4 Å². The lowest BCUT2D eigenvalue weighted by atomic mass is 10.1. The summed E-state index contributed by atoms with van der Waals surface area (Å²) < 4.78 is 0. The molecule has 5 heteroatoms. The Bertz CT molecular complexity index is 516. The van der Waals surface area contributed by atoms with E-state index < -0.39 is 0 Å². The van der Waals surface area contributed by atoms with Gasteiger partial charge in [-0.15, -0.1) is 0 Å². The first-order chi connectivity index (χ1) is 9.19. The molecule has 1 aromatic rings. The van der Waals surface area contributed by atoms with Crippen molar-refractivity contribution in [3.63, 3.8) is 0 Å². The summed E-state index contributed by atoms with van der Waals surface area (Å²) in [5.41, 5.74) is 1.47. The molecule has 1 saturated heterocycles.